The molecule has 1 saturated heterocycles. The van der Waals surface area contributed by atoms with Gasteiger partial charge in [-0.25, -0.2) is 0 Å². The number of carbonyl (C=O) groups excluding carboxylic acids is 1. The molecule has 3 rings (SSSR count). The van der Waals surface area contributed by atoms with E-state index < -0.39 is 0 Å². The second-order valence-corrected chi connectivity index (χ2v) is 6.35. The van der Waals surface area contributed by atoms with Gasteiger partial charge in [0.15, 0.2) is 0 Å². The van der Waals surface area contributed by atoms with Crippen molar-refractivity contribution in [1.82, 2.24) is 4.90 Å². The zero-order chi connectivity index (χ0) is 16.2. The second-order valence-electron chi connectivity index (χ2n) is 5.94. The molecule has 1 heterocycles. The van der Waals surface area contributed by atoms with Crippen LogP contribution in [0.2, 0.25) is 5.02 Å². The molecule has 0 saturated carbocycles. The fraction of sp³-hybridized carbons (Fsp3) is 0.316. The van der Waals surface area contributed by atoms with Gasteiger partial charge in [-0.2, -0.15) is 0 Å². The number of carbonyl (C=O) groups is 1. The number of benzene rings is 2. The summed E-state index contributed by atoms with van der Waals surface area (Å²) in [5, 5.41) is 0.785. The van der Waals surface area contributed by atoms with E-state index in [1.165, 1.54) is 0 Å². The van der Waals surface area contributed by atoms with Crippen LogP contribution in [0.15, 0.2) is 54.6 Å². The first-order valence-corrected chi connectivity index (χ1v) is 8.34. The first-order chi connectivity index (χ1) is 11.2. The predicted molar refractivity (Wildman–Crippen MR) is 94.9 cm³/mol. The molecule has 0 radical (unpaired) electrons. The van der Waals surface area contributed by atoms with Crippen LogP contribution in [0, 0.1) is 0 Å². The number of anilines is 1. The Hall–Kier alpha value is -1.84. The van der Waals surface area contributed by atoms with Crippen molar-refractivity contribution in [2.75, 3.05) is 25.0 Å². The highest BCUT2D eigenvalue weighted by Crippen LogP contribution is 2.35. The van der Waals surface area contributed by atoms with Crippen LogP contribution in [-0.4, -0.2) is 30.9 Å². The van der Waals surface area contributed by atoms with Gasteiger partial charge in [-0.3, -0.25) is 9.69 Å². The molecule has 1 amide bonds. The second kappa shape index (κ2) is 7.16. The monoisotopic (exact) mass is 328 g/mol. The van der Waals surface area contributed by atoms with E-state index in [1.54, 1.807) is 4.90 Å². The van der Waals surface area contributed by atoms with E-state index in [2.05, 4.69) is 11.0 Å². The SMILES string of the molecule is CN(C(=O)CN1CCCC1c1ccccc1Cl)c1ccccc1. The fourth-order valence-electron chi connectivity index (χ4n) is 3.19. The Labute approximate surface area is 142 Å². The van der Waals surface area contributed by atoms with Crippen molar-refractivity contribution in [3.05, 3.63) is 65.2 Å². The third-order valence-electron chi connectivity index (χ3n) is 4.48. The van der Waals surface area contributed by atoms with Gasteiger partial charge in [0, 0.05) is 23.8 Å². The zero-order valence-electron chi connectivity index (χ0n) is 13.3. The van der Waals surface area contributed by atoms with Gasteiger partial charge >= 0.3 is 0 Å². The first-order valence-electron chi connectivity index (χ1n) is 7.97. The zero-order valence-corrected chi connectivity index (χ0v) is 14.0. The van der Waals surface area contributed by atoms with Gasteiger partial charge in [-0.1, -0.05) is 48.0 Å². The molecule has 3 nitrogen and oxygen atoms in total. The highest BCUT2D eigenvalue weighted by molar-refractivity contribution is 6.31. The van der Waals surface area contributed by atoms with Crippen molar-refractivity contribution in [1.29, 1.82) is 0 Å². The molecule has 120 valence electrons. The van der Waals surface area contributed by atoms with E-state index in [0.717, 1.165) is 35.7 Å². The Kier molecular flexibility index (Phi) is 4.99. The lowest BCUT2D eigenvalue weighted by Gasteiger charge is -2.27. The van der Waals surface area contributed by atoms with E-state index >= 15 is 0 Å². The quantitative estimate of drug-likeness (QED) is 0.842. The van der Waals surface area contributed by atoms with Gasteiger partial charge in [-0.15, -0.1) is 0 Å². The standard InChI is InChI=1S/C19H21ClN2O/c1-21(15-8-3-2-4-9-15)19(23)14-22-13-7-12-18(22)16-10-5-6-11-17(16)20/h2-6,8-11,18H,7,12-14H2,1H3. The van der Waals surface area contributed by atoms with Crippen LogP contribution in [0.5, 0.6) is 0 Å². The summed E-state index contributed by atoms with van der Waals surface area (Å²) in [4.78, 5) is 16.6. The summed E-state index contributed by atoms with van der Waals surface area (Å²) >= 11 is 6.34. The summed E-state index contributed by atoms with van der Waals surface area (Å²) in [6.07, 6.45) is 2.14. The van der Waals surface area contributed by atoms with Crippen LogP contribution in [0.1, 0.15) is 24.4 Å². The molecular formula is C19H21ClN2O. The van der Waals surface area contributed by atoms with Crippen molar-refractivity contribution in [3.63, 3.8) is 0 Å². The van der Waals surface area contributed by atoms with Crippen molar-refractivity contribution >= 4 is 23.2 Å². The molecule has 0 spiro atoms. The average Bonchev–Trinajstić information content (AvgIpc) is 3.03. The fourth-order valence-corrected chi connectivity index (χ4v) is 3.45. The van der Waals surface area contributed by atoms with Crippen molar-refractivity contribution in [2.45, 2.75) is 18.9 Å². The third-order valence-corrected chi connectivity index (χ3v) is 4.83. The molecule has 2 aromatic carbocycles. The molecule has 23 heavy (non-hydrogen) atoms. The maximum absolute atomic E-state index is 12.6. The maximum Gasteiger partial charge on any atom is 0.240 e. The van der Waals surface area contributed by atoms with E-state index in [-0.39, 0.29) is 11.9 Å². The Morgan fingerprint density at radius 3 is 2.61 bits per heavy atom. The van der Waals surface area contributed by atoms with E-state index in [0.29, 0.717) is 6.54 Å². The summed E-state index contributed by atoms with van der Waals surface area (Å²) < 4.78 is 0. The first kappa shape index (κ1) is 16.0. The minimum absolute atomic E-state index is 0.107. The number of para-hydroxylation sites is 1. The summed E-state index contributed by atoms with van der Waals surface area (Å²) in [6.45, 7) is 1.35. The van der Waals surface area contributed by atoms with Gasteiger partial charge in [0.2, 0.25) is 5.91 Å². The molecule has 0 N–H and O–H groups in total. The molecule has 1 fully saturated rings. The Morgan fingerprint density at radius 2 is 1.87 bits per heavy atom. The van der Waals surface area contributed by atoms with Crippen molar-refractivity contribution in [2.24, 2.45) is 0 Å². The van der Waals surface area contributed by atoms with E-state index in [4.69, 9.17) is 11.6 Å². The normalized spacial score (nSPS) is 18.1. The molecule has 0 aliphatic carbocycles. The largest absolute Gasteiger partial charge is 0.314 e. The van der Waals surface area contributed by atoms with Gasteiger partial charge in [0.1, 0.15) is 0 Å². The summed E-state index contributed by atoms with van der Waals surface area (Å²) in [7, 11) is 1.83. The van der Waals surface area contributed by atoms with Gasteiger partial charge in [0.05, 0.1) is 6.54 Å². The number of hydrogen-bond donors (Lipinski definition) is 0. The third kappa shape index (κ3) is 3.57. The molecule has 0 aromatic heterocycles. The lowest BCUT2D eigenvalue weighted by molar-refractivity contribution is -0.119. The number of hydrogen-bond acceptors (Lipinski definition) is 2. The van der Waals surface area contributed by atoms with Crippen molar-refractivity contribution < 1.29 is 4.79 Å². The number of rotatable bonds is 4. The summed E-state index contributed by atoms with van der Waals surface area (Å²) in [5.41, 5.74) is 2.05. The van der Waals surface area contributed by atoms with Crippen LogP contribution in [0.3, 0.4) is 0 Å². The molecule has 1 aliphatic rings. The average molecular weight is 329 g/mol. The summed E-state index contributed by atoms with van der Waals surface area (Å²) in [6, 6.07) is 17.9. The Morgan fingerprint density at radius 1 is 1.17 bits per heavy atom. The molecule has 2 aromatic rings. The van der Waals surface area contributed by atoms with Crippen LogP contribution in [0.4, 0.5) is 5.69 Å². The number of likely N-dealkylation sites (tertiary alicyclic amines) is 1. The molecular weight excluding hydrogens is 308 g/mol. The lowest BCUT2D eigenvalue weighted by Crippen LogP contribution is -2.38. The molecule has 4 heteroatoms. The lowest BCUT2D eigenvalue weighted by atomic mass is 10.0. The van der Waals surface area contributed by atoms with Crippen LogP contribution in [-0.2, 0) is 4.79 Å². The summed E-state index contributed by atoms with van der Waals surface area (Å²) in [5.74, 6) is 0.107. The van der Waals surface area contributed by atoms with Crippen LogP contribution < -0.4 is 4.90 Å². The van der Waals surface area contributed by atoms with Crippen LogP contribution >= 0.6 is 11.6 Å². The molecule has 1 atom stereocenters. The highest BCUT2D eigenvalue weighted by Gasteiger charge is 2.29. The smallest absolute Gasteiger partial charge is 0.240 e. The number of likely N-dealkylation sites (N-methyl/N-ethyl adjacent to an activating group) is 1. The van der Waals surface area contributed by atoms with Crippen LogP contribution in [0.25, 0.3) is 0 Å². The van der Waals surface area contributed by atoms with Gasteiger partial charge in [-0.05, 0) is 43.1 Å². The topological polar surface area (TPSA) is 23.6 Å². The number of amides is 1. The molecule has 1 aliphatic heterocycles. The number of halogens is 1. The number of nitrogens with zero attached hydrogens (tertiary/aromatic N) is 2. The molecule has 0 bridgehead atoms. The minimum atomic E-state index is 0.107. The van der Waals surface area contributed by atoms with Gasteiger partial charge in [0.25, 0.3) is 0 Å². The molecule has 1 unspecified atom stereocenters. The van der Waals surface area contributed by atoms with Gasteiger partial charge < -0.3 is 4.90 Å². The maximum atomic E-state index is 12.6. The highest BCUT2D eigenvalue weighted by atomic mass is 35.5. The van der Waals surface area contributed by atoms with E-state index in [9.17, 15) is 4.79 Å². The Balaban J connectivity index is 1.72. The predicted octanol–water partition coefficient (Wildman–Crippen LogP) is 4.14. The van der Waals surface area contributed by atoms with E-state index in [1.807, 2.05) is 55.6 Å². The Bertz CT molecular complexity index is 674. The van der Waals surface area contributed by atoms with Crippen molar-refractivity contribution in [3.8, 4) is 0 Å². The minimum Gasteiger partial charge on any atom is -0.314 e.